The van der Waals surface area contributed by atoms with Crippen molar-refractivity contribution in [1.29, 1.82) is 0 Å². The number of benzene rings is 4. The van der Waals surface area contributed by atoms with Crippen molar-refractivity contribution in [2.24, 2.45) is 0 Å². The summed E-state index contributed by atoms with van der Waals surface area (Å²) in [6.45, 7) is 2.50. The fourth-order valence-corrected chi connectivity index (χ4v) is 5.82. The maximum atomic E-state index is 13.7. The molecule has 0 bridgehead atoms. The molecule has 0 heterocycles. The number of halogens is 4. The lowest BCUT2D eigenvalue weighted by Gasteiger charge is -2.45. The Labute approximate surface area is 233 Å². The fourth-order valence-electron chi connectivity index (χ4n) is 5.82. The molecule has 6 heteroatoms. The van der Waals surface area contributed by atoms with Gasteiger partial charge >= 0.3 is 0 Å². The molecular formula is C34H34F4N2. The van der Waals surface area contributed by atoms with Gasteiger partial charge in [-0.3, -0.25) is 9.80 Å². The molecule has 0 N–H and O–H groups in total. The molecule has 2 unspecified atom stereocenters. The average molecular weight is 547 g/mol. The van der Waals surface area contributed by atoms with E-state index in [1.807, 2.05) is 48.5 Å². The van der Waals surface area contributed by atoms with E-state index in [-0.39, 0.29) is 35.4 Å². The molecule has 0 aromatic heterocycles. The fraction of sp³-hybridized carbons (Fsp3) is 0.294. The highest BCUT2D eigenvalue weighted by Gasteiger charge is 2.34. The lowest BCUT2D eigenvalue weighted by Crippen LogP contribution is -2.52. The molecule has 0 radical (unpaired) electrons. The Bertz CT molecular complexity index is 1140. The molecule has 40 heavy (non-hydrogen) atoms. The maximum Gasteiger partial charge on any atom is 0.123 e. The third kappa shape index (κ3) is 7.58. The standard InChI is InChI=1S/C34H34F4N2/c35-29-13-5-25(6-14-29)21-39(22-26-7-15-30(36)16-8-26)33-3-1-2-4-34(33)40(23-27-9-17-31(37)18-10-27)24-28-11-19-32(38)20-12-28/h5-20,33-34H,1-4,21-24H2. The first kappa shape index (κ1) is 28.1. The molecule has 1 aliphatic rings. The van der Waals surface area contributed by atoms with Gasteiger partial charge in [-0.05, 0) is 83.6 Å². The summed E-state index contributed by atoms with van der Waals surface area (Å²) in [6.07, 6.45) is 4.14. The molecule has 4 aromatic rings. The summed E-state index contributed by atoms with van der Waals surface area (Å²) in [5.74, 6) is -1.08. The molecule has 0 saturated heterocycles. The van der Waals surface area contributed by atoms with Crippen LogP contribution in [0.1, 0.15) is 47.9 Å². The van der Waals surface area contributed by atoms with Crippen LogP contribution in [-0.2, 0) is 26.2 Å². The minimum atomic E-state index is -0.269. The lowest BCUT2D eigenvalue weighted by atomic mass is 9.86. The Hall–Kier alpha value is -3.48. The Morgan fingerprint density at radius 2 is 0.625 bits per heavy atom. The molecule has 2 nitrogen and oxygen atoms in total. The van der Waals surface area contributed by atoms with Crippen LogP contribution >= 0.6 is 0 Å². The van der Waals surface area contributed by atoms with Gasteiger partial charge in [0, 0.05) is 38.3 Å². The second-order valence-corrected chi connectivity index (χ2v) is 10.7. The van der Waals surface area contributed by atoms with E-state index in [1.54, 1.807) is 0 Å². The van der Waals surface area contributed by atoms with Crippen molar-refractivity contribution in [1.82, 2.24) is 9.80 Å². The summed E-state index contributed by atoms with van der Waals surface area (Å²) in [5.41, 5.74) is 4.04. The van der Waals surface area contributed by atoms with Gasteiger partial charge in [0.05, 0.1) is 0 Å². The molecule has 0 amide bonds. The van der Waals surface area contributed by atoms with E-state index in [9.17, 15) is 17.6 Å². The van der Waals surface area contributed by atoms with E-state index in [4.69, 9.17) is 0 Å². The van der Waals surface area contributed by atoms with Gasteiger partial charge in [-0.2, -0.15) is 0 Å². The van der Waals surface area contributed by atoms with Crippen LogP contribution < -0.4 is 0 Å². The van der Waals surface area contributed by atoms with Gasteiger partial charge in [-0.1, -0.05) is 61.4 Å². The quantitative estimate of drug-likeness (QED) is 0.185. The Morgan fingerprint density at radius 3 is 0.850 bits per heavy atom. The Balaban J connectivity index is 1.47. The Kier molecular flexibility index (Phi) is 9.30. The van der Waals surface area contributed by atoms with Crippen LogP contribution in [-0.4, -0.2) is 21.9 Å². The van der Waals surface area contributed by atoms with E-state index in [2.05, 4.69) is 9.80 Å². The molecular weight excluding hydrogens is 512 g/mol. The van der Waals surface area contributed by atoms with Crippen LogP contribution in [0.2, 0.25) is 0 Å². The van der Waals surface area contributed by atoms with Crippen molar-refractivity contribution < 1.29 is 17.6 Å². The molecule has 1 fully saturated rings. The molecule has 0 spiro atoms. The number of rotatable bonds is 10. The summed E-state index contributed by atoms with van der Waals surface area (Å²) in [5, 5.41) is 0. The van der Waals surface area contributed by atoms with Gasteiger partial charge in [-0.15, -0.1) is 0 Å². The summed E-state index contributed by atoms with van der Waals surface area (Å²) in [4.78, 5) is 4.85. The second-order valence-electron chi connectivity index (χ2n) is 10.7. The molecule has 2 atom stereocenters. The zero-order valence-electron chi connectivity index (χ0n) is 22.5. The highest BCUT2D eigenvalue weighted by Crippen LogP contribution is 2.32. The normalized spacial score (nSPS) is 17.4. The summed E-state index contributed by atoms with van der Waals surface area (Å²) >= 11 is 0. The van der Waals surface area contributed by atoms with Crippen LogP contribution in [0.25, 0.3) is 0 Å². The van der Waals surface area contributed by atoms with E-state index < -0.39 is 0 Å². The number of nitrogens with zero attached hydrogens (tertiary/aromatic N) is 2. The molecule has 0 aliphatic heterocycles. The van der Waals surface area contributed by atoms with Crippen LogP contribution in [0, 0.1) is 23.3 Å². The maximum absolute atomic E-state index is 13.7. The van der Waals surface area contributed by atoms with Gasteiger partial charge in [0.15, 0.2) is 0 Å². The molecule has 208 valence electrons. The molecule has 1 aliphatic carbocycles. The summed E-state index contributed by atoms with van der Waals surface area (Å²) in [7, 11) is 0. The molecule has 5 rings (SSSR count). The van der Waals surface area contributed by atoms with Gasteiger partial charge in [-0.25, -0.2) is 17.6 Å². The zero-order valence-corrected chi connectivity index (χ0v) is 22.5. The predicted molar refractivity (Wildman–Crippen MR) is 150 cm³/mol. The minimum Gasteiger partial charge on any atom is -0.290 e. The van der Waals surface area contributed by atoms with Crippen LogP contribution in [0.3, 0.4) is 0 Å². The summed E-state index contributed by atoms with van der Waals surface area (Å²) < 4.78 is 54.8. The number of hydrogen-bond donors (Lipinski definition) is 0. The highest BCUT2D eigenvalue weighted by atomic mass is 19.1. The lowest BCUT2D eigenvalue weighted by molar-refractivity contribution is 0.0296. The van der Waals surface area contributed by atoms with Crippen molar-refractivity contribution in [2.75, 3.05) is 0 Å². The van der Waals surface area contributed by atoms with Crippen molar-refractivity contribution >= 4 is 0 Å². The first-order chi connectivity index (χ1) is 19.4. The highest BCUT2D eigenvalue weighted by molar-refractivity contribution is 5.21. The smallest absolute Gasteiger partial charge is 0.123 e. The largest absolute Gasteiger partial charge is 0.290 e. The molecule has 4 aromatic carbocycles. The van der Waals surface area contributed by atoms with Gasteiger partial charge in [0.25, 0.3) is 0 Å². The SMILES string of the molecule is Fc1ccc(CN(Cc2ccc(F)cc2)C2CCCCC2N(Cc2ccc(F)cc2)Cc2ccc(F)cc2)cc1. The monoisotopic (exact) mass is 546 g/mol. The number of hydrogen-bond acceptors (Lipinski definition) is 2. The van der Waals surface area contributed by atoms with E-state index in [0.717, 1.165) is 47.9 Å². The van der Waals surface area contributed by atoms with E-state index >= 15 is 0 Å². The Morgan fingerprint density at radius 1 is 0.400 bits per heavy atom. The second kappa shape index (κ2) is 13.2. The third-order valence-electron chi connectivity index (χ3n) is 7.83. The van der Waals surface area contributed by atoms with Crippen molar-refractivity contribution in [3.63, 3.8) is 0 Å². The molecule has 1 saturated carbocycles. The van der Waals surface area contributed by atoms with E-state index in [1.165, 1.54) is 48.5 Å². The summed E-state index contributed by atoms with van der Waals surface area (Å²) in [6, 6.07) is 26.8. The third-order valence-corrected chi connectivity index (χ3v) is 7.83. The predicted octanol–water partition coefficient (Wildman–Crippen LogP) is 8.26. The zero-order chi connectivity index (χ0) is 27.9. The topological polar surface area (TPSA) is 6.48 Å². The van der Waals surface area contributed by atoms with Crippen LogP contribution in [0.5, 0.6) is 0 Å². The van der Waals surface area contributed by atoms with Crippen molar-refractivity contribution in [3.8, 4) is 0 Å². The first-order valence-electron chi connectivity index (χ1n) is 13.9. The van der Waals surface area contributed by atoms with Gasteiger partial charge in [0.2, 0.25) is 0 Å². The van der Waals surface area contributed by atoms with Gasteiger partial charge < -0.3 is 0 Å². The van der Waals surface area contributed by atoms with Crippen LogP contribution in [0.15, 0.2) is 97.1 Å². The van der Waals surface area contributed by atoms with Gasteiger partial charge in [0.1, 0.15) is 23.3 Å². The van der Waals surface area contributed by atoms with Crippen molar-refractivity contribution in [3.05, 3.63) is 143 Å². The minimum absolute atomic E-state index is 0.171. The van der Waals surface area contributed by atoms with Crippen LogP contribution in [0.4, 0.5) is 17.6 Å². The van der Waals surface area contributed by atoms with Crippen molar-refractivity contribution in [2.45, 2.75) is 63.9 Å². The van der Waals surface area contributed by atoms with E-state index in [0.29, 0.717) is 26.2 Å². The average Bonchev–Trinajstić information content (AvgIpc) is 2.97. The first-order valence-corrected chi connectivity index (χ1v) is 13.9.